The van der Waals surface area contributed by atoms with Crippen LogP contribution in [-0.4, -0.2) is 26.3 Å². The molecule has 0 amide bonds. The first kappa shape index (κ1) is 16.5. The van der Waals surface area contributed by atoms with Gasteiger partial charge in [-0.25, -0.2) is 0 Å². The molecular formula is C19H31NO. The van der Waals surface area contributed by atoms with Crippen molar-refractivity contribution in [1.82, 2.24) is 5.32 Å². The zero-order chi connectivity index (χ0) is 15.0. The average molecular weight is 289 g/mol. The summed E-state index contributed by atoms with van der Waals surface area (Å²) >= 11 is 0. The molecule has 1 aromatic rings. The summed E-state index contributed by atoms with van der Waals surface area (Å²) in [5, 5.41) is 3.67. The molecule has 2 heteroatoms. The van der Waals surface area contributed by atoms with E-state index in [0.717, 1.165) is 39.1 Å². The second-order valence-corrected chi connectivity index (χ2v) is 6.33. The maximum Gasteiger partial charge on any atom is 0.0475 e. The number of fused-ring (bicyclic) bond motifs is 1. The second-order valence-electron chi connectivity index (χ2n) is 6.33. The molecule has 2 nitrogen and oxygen atoms in total. The fourth-order valence-electron chi connectivity index (χ4n) is 3.56. The minimum atomic E-state index is 0.276. The van der Waals surface area contributed by atoms with Crippen LogP contribution in [0.25, 0.3) is 0 Å². The molecule has 0 saturated heterocycles. The Morgan fingerprint density at radius 1 is 1.14 bits per heavy atom. The lowest BCUT2D eigenvalue weighted by molar-refractivity contribution is 0.109. The quantitative estimate of drug-likeness (QED) is 0.692. The third-order valence-corrected chi connectivity index (χ3v) is 4.65. The number of rotatable bonds is 9. The molecule has 118 valence electrons. The third-order valence-electron chi connectivity index (χ3n) is 4.65. The number of ether oxygens (including phenoxy) is 1. The molecule has 21 heavy (non-hydrogen) atoms. The van der Waals surface area contributed by atoms with Crippen molar-refractivity contribution in [3.63, 3.8) is 0 Å². The molecule has 1 aliphatic carbocycles. The zero-order valence-corrected chi connectivity index (χ0v) is 13.8. The van der Waals surface area contributed by atoms with Crippen LogP contribution in [0, 0.1) is 0 Å². The Morgan fingerprint density at radius 2 is 2.00 bits per heavy atom. The van der Waals surface area contributed by atoms with Gasteiger partial charge in [-0.15, -0.1) is 0 Å². The summed E-state index contributed by atoms with van der Waals surface area (Å²) < 4.78 is 5.80. The lowest BCUT2D eigenvalue weighted by atomic mass is 9.68. The molecule has 1 aromatic carbocycles. The maximum atomic E-state index is 5.80. The monoisotopic (exact) mass is 289 g/mol. The van der Waals surface area contributed by atoms with Crippen LogP contribution < -0.4 is 5.32 Å². The molecule has 1 unspecified atom stereocenters. The predicted molar refractivity (Wildman–Crippen MR) is 89.9 cm³/mol. The Labute approximate surface area is 130 Å². The van der Waals surface area contributed by atoms with Crippen molar-refractivity contribution >= 4 is 0 Å². The van der Waals surface area contributed by atoms with Gasteiger partial charge >= 0.3 is 0 Å². The molecule has 0 spiro atoms. The molecule has 0 saturated carbocycles. The number of aryl methyl sites for hydroxylation is 1. The van der Waals surface area contributed by atoms with Gasteiger partial charge in [-0.3, -0.25) is 0 Å². The van der Waals surface area contributed by atoms with Crippen LogP contribution in [-0.2, 0) is 16.6 Å². The van der Waals surface area contributed by atoms with Gasteiger partial charge < -0.3 is 10.1 Å². The van der Waals surface area contributed by atoms with Crippen LogP contribution in [0.5, 0.6) is 0 Å². The van der Waals surface area contributed by atoms with Gasteiger partial charge in [-0.05, 0) is 56.2 Å². The van der Waals surface area contributed by atoms with Crippen molar-refractivity contribution in [1.29, 1.82) is 0 Å². The van der Waals surface area contributed by atoms with Crippen molar-refractivity contribution in [3.8, 4) is 0 Å². The highest BCUT2D eigenvalue weighted by Gasteiger charge is 2.35. The summed E-state index contributed by atoms with van der Waals surface area (Å²) in [5.41, 5.74) is 3.40. The second kappa shape index (κ2) is 8.55. The van der Waals surface area contributed by atoms with Crippen molar-refractivity contribution in [2.24, 2.45) is 0 Å². The zero-order valence-electron chi connectivity index (χ0n) is 13.8. The van der Waals surface area contributed by atoms with Gasteiger partial charge in [0, 0.05) is 25.2 Å². The van der Waals surface area contributed by atoms with Crippen LogP contribution in [0.1, 0.15) is 57.1 Å². The van der Waals surface area contributed by atoms with Crippen LogP contribution in [0.15, 0.2) is 24.3 Å². The normalized spacial score (nSPS) is 21.2. The summed E-state index contributed by atoms with van der Waals surface area (Å²) in [5.74, 6) is 0. The van der Waals surface area contributed by atoms with Crippen molar-refractivity contribution in [2.75, 3.05) is 26.3 Å². The number of benzene rings is 1. The molecule has 0 radical (unpaired) electrons. The highest BCUT2D eigenvalue weighted by molar-refractivity contribution is 5.37. The van der Waals surface area contributed by atoms with E-state index in [9.17, 15) is 0 Å². The van der Waals surface area contributed by atoms with Gasteiger partial charge in [0.1, 0.15) is 0 Å². The van der Waals surface area contributed by atoms with Crippen LogP contribution in [0.3, 0.4) is 0 Å². The first-order chi connectivity index (χ1) is 10.3. The maximum absolute atomic E-state index is 5.80. The topological polar surface area (TPSA) is 21.3 Å². The molecular weight excluding hydrogens is 258 g/mol. The van der Waals surface area contributed by atoms with Gasteiger partial charge in [-0.1, -0.05) is 38.1 Å². The Kier molecular flexibility index (Phi) is 6.72. The Bertz CT molecular complexity index is 418. The molecule has 1 aliphatic rings. The first-order valence-corrected chi connectivity index (χ1v) is 8.69. The number of hydrogen-bond acceptors (Lipinski definition) is 2. The third kappa shape index (κ3) is 4.31. The summed E-state index contributed by atoms with van der Waals surface area (Å²) in [6.45, 7) is 8.39. The fraction of sp³-hybridized carbons (Fsp3) is 0.684. The fourth-order valence-corrected chi connectivity index (χ4v) is 3.56. The van der Waals surface area contributed by atoms with E-state index in [1.54, 1.807) is 11.1 Å². The largest absolute Gasteiger partial charge is 0.381 e. The highest BCUT2D eigenvalue weighted by atomic mass is 16.5. The van der Waals surface area contributed by atoms with Gasteiger partial charge in [0.2, 0.25) is 0 Å². The summed E-state index contributed by atoms with van der Waals surface area (Å²) in [6, 6.07) is 9.05. The van der Waals surface area contributed by atoms with Crippen molar-refractivity contribution in [3.05, 3.63) is 35.4 Å². The van der Waals surface area contributed by atoms with Gasteiger partial charge in [0.15, 0.2) is 0 Å². The minimum Gasteiger partial charge on any atom is -0.381 e. The van der Waals surface area contributed by atoms with Gasteiger partial charge in [-0.2, -0.15) is 0 Å². The van der Waals surface area contributed by atoms with Crippen LogP contribution in [0.2, 0.25) is 0 Å². The average Bonchev–Trinajstić information content (AvgIpc) is 2.52. The SMILES string of the molecule is CCCNCC1(CCOCCC)CCCc2ccccc21. The highest BCUT2D eigenvalue weighted by Crippen LogP contribution is 2.39. The summed E-state index contributed by atoms with van der Waals surface area (Å²) in [6.07, 6.45) is 7.28. The Hall–Kier alpha value is -0.860. The van der Waals surface area contributed by atoms with Crippen LogP contribution >= 0.6 is 0 Å². The van der Waals surface area contributed by atoms with E-state index in [4.69, 9.17) is 4.74 Å². The van der Waals surface area contributed by atoms with E-state index in [-0.39, 0.29) is 5.41 Å². The van der Waals surface area contributed by atoms with Gasteiger partial charge in [0.25, 0.3) is 0 Å². The molecule has 0 aliphatic heterocycles. The van der Waals surface area contributed by atoms with Gasteiger partial charge in [0.05, 0.1) is 0 Å². The minimum absolute atomic E-state index is 0.276. The molecule has 2 rings (SSSR count). The number of nitrogens with one attached hydrogen (secondary N) is 1. The Morgan fingerprint density at radius 3 is 2.81 bits per heavy atom. The van der Waals surface area contributed by atoms with Crippen molar-refractivity contribution < 1.29 is 4.74 Å². The smallest absolute Gasteiger partial charge is 0.0475 e. The lowest BCUT2D eigenvalue weighted by Crippen LogP contribution is -2.42. The standard InChI is InChI=1S/C19H31NO/c1-3-13-20-16-19(12-15-21-14-4-2)11-7-9-17-8-5-6-10-18(17)19/h5-6,8,10,20H,3-4,7,9,11-16H2,1-2H3. The van der Waals surface area contributed by atoms with E-state index >= 15 is 0 Å². The molecule has 1 atom stereocenters. The summed E-state index contributed by atoms with van der Waals surface area (Å²) in [7, 11) is 0. The molecule has 1 N–H and O–H groups in total. The van der Waals surface area contributed by atoms with Crippen molar-refractivity contribution in [2.45, 2.75) is 57.8 Å². The van der Waals surface area contributed by atoms with Crippen LogP contribution in [0.4, 0.5) is 0 Å². The Balaban J connectivity index is 2.12. The van der Waals surface area contributed by atoms with E-state index in [0.29, 0.717) is 0 Å². The first-order valence-electron chi connectivity index (χ1n) is 8.69. The van der Waals surface area contributed by atoms with E-state index < -0.39 is 0 Å². The lowest BCUT2D eigenvalue weighted by Gasteiger charge is -2.40. The molecule has 0 bridgehead atoms. The molecule has 0 heterocycles. The molecule has 0 fully saturated rings. The predicted octanol–water partition coefficient (Wildman–Crippen LogP) is 4.08. The van der Waals surface area contributed by atoms with E-state index in [1.165, 1.54) is 25.7 Å². The number of hydrogen-bond donors (Lipinski definition) is 1. The summed E-state index contributed by atoms with van der Waals surface area (Å²) in [4.78, 5) is 0. The molecule has 0 aromatic heterocycles. The van der Waals surface area contributed by atoms with E-state index in [2.05, 4.69) is 43.4 Å². The van der Waals surface area contributed by atoms with E-state index in [1.807, 2.05) is 0 Å².